The van der Waals surface area contributed by atoms with Gasteiger partial charge >= 0.3 is 5.97 Å². The second-order valence-electron chi connectivity index (χ2n) is 3.68. The lowest BCUT2D eigenvalue weighted by Gasteiger charge is -2.11. The Morgan fingerprint density at radius 3 is 2.69 bits per heavy atom. The molecule has 4 nitrogen and oxygen atoms in total. The van der Waals surface area contributed by atoms with Crippen molar-refractivity contribution in [3.63, 3.8) is 0 Å². The van der Waals surface area contributed by atoms with E-state index >= 15 is 0 Å². The van der Waals surface area contributed by atoms with E-state index in [0.717, 1.165) is 25.7 Å². The summed E-state index contributed by atoms with van der Waals surface area (Å²) in [5.74, 6) is -0.478. The summed E-state index contributed by atoms with van der Waals surface area (Å²) in [5.41, 5.74) is 0.175. The number of carbonyl (C=O) groups is 1. The Morgan fingerprint density at radius 2 is 2.00 bits per heavy atom. The fourth-order valence-corrected chi connectivity index (χ4v) is 2.03. The summed E-state index contributed by atoms with van der Waals surface area (Å²) >= 11 is 11.4. The quantitative estimate of drug-likeness (QED) is 0.768. The van der Waals surface area contributed by atoms with Crippen molar-refractivity contribution in [1.29, 1.82) is 0 Å². The lowest BCUT2D eigenvalue weighted by molar-refractivity contribution is 0.0317. The molecule has 1 fully saturated rings. The summed E-state index contributed by atoms with van der Waals surface area (Å²) in [6.45, 7) is 0. The highest BCUT2D eigenvalue weighted by Crippen LogP contribution is 2.24. The lowest BCUT2D eigenvalue weighted by atomic mass is 10.3. The molecule has 0 amide bonds. The Labute approximate surface area is 103 Å². The van der Waals surface area contributed by atoms with E-state index in [4.69, 9.17) is 27.9 Å². The molecule has 0 bridgehead atoms. The zero-order valence-corrected chi connectivity index (χ0v) is 9.96. The maximum atomic E-state index is 11.7. The van der Waals surface area contributed by atoms with Crippen LogP contribution in [0.4, 0.5) is 0 Å². The third kappa shape index (κ3) is 2.62. The van der Waals surface area contributed by atoms with Crippen molar-refractivity contribution in [1.82, 2.24) is 10.2 Å². The average molecular weight is 261 g/mol. The predicted octanol–water partition coefficient (Wildman–Crippen LogP) is 2.88. The molecule has 0 radical (unpaired) electrons. The van der Waals surface area contributed by atoms with Gasteiger partial charge in [0.2, 0.25) is 0 Å². The Kier molecular flexibility index (Phi) is 3.61. The summed E-state index contributed by atoms with van der Waals surface area (Å²) in [5, 5.41) is 7.23. The molecular formula is C10H10Cl2N2O2. The first-order valence-corrected chi connectivity index (χ1v) is 5.82. The minimum atomic E-state index is -0.478. The van der Waals surface area contributed by atoms with Crippen LogP contribution in [0, 0.1) is 0 Å². The topological polar surface area (TPSA) is 52.1 Å². The minimum Gasteiger partial charge on any atom is -0.459 e. The van der Waals surface area contributed by atoms with E-state index < -0.39 is 5.97 Å². The van der Waals surface area contributed by atoms with Crippen molar-refractivity contribution < 1.29 is 9.53 Å². The molecule has 1 aromatic heterocycles. The van der Waals surface area contributed by atoms with E-state index in [9.17, 15) is 4.79 Å². The summed E-state index contributed by atoms with van der Waals surface area (Å²) in [6.07, 6.45) is 4.02. The number of halogens is 2. The highest BCUT2D eigenvalue weighted by atomic mass is 35.5. The van der Waals surface area contributed by atoms with E-state index in [-0.39, 0.29) is 22.0 Å². The van der Waals surface area contributed by atoms with Gasteiger partial charge in [0, 0.05) is 0 Å². The molecule has 0 spiro atoms. The van der Waals surface area contributed by atoms with Crippen molar-refractivity contribution in [2.75, 3.05) is 0 Å². The van der Waals surface area contributed by atoms with Crippen LogP contribution >= 0.6 is 23.2 Å². The number of hydrogen-bond acceptors (Lipinski definition) is 4. The second kappa shape index (κ2) is 4.97. The largest absolute Gasteiger partial charge is 0.459 e. The van der Waals surface area contributed by atoms with Gasteiger partial charge in [-0.25, -0.2) is 4.79 Å². The standard InChI is InChI=1S/C10H10Cl2N2O2/c11-8-5-7(9(12)14-13-8)10(15)16-6-3-1-2-4-6/h5-6H,1-4H2. The number of rotatable bonds is 2. The molecule has 0 unspecified atom stereocenters. The molecular weight excluding hydrogens is 251 g/mol. The summed E-state index contributed by atoms with van der Waals surface area (Å²) in [4.78, 5) is 11.7. The van der Waals surface area contributed by atoms with Crippen LogP contribution in [0.15, 0.2) is 6.07 Å². The third-order valence-corrected chi connectivity index (χ3v) is 2.98. The van der Waals surface area contributed by atoms with Crippen LogP contribution in [0.3, 0.4) is 0 Å². The number of carbonyl (C=O) groups excluding carboxylic acids is 1. The number of ether oxygens (including phenoxy) is 1. The zero-order chi connectivity index (χ0) is 11.5. The van der Waals surface area contributed by atoms with E-state index in [1.807, 2.05) is 0 Å². The van der Waals surface area contributed by atoms with Crippen LogP contribution in [0.25, 0.3) is 0 Å². The Balaban J connectivity index is 2.10. The Bertz CT molecular complexity index is 406. The van der Waals surface area contributed by atoms with Gasteiger partial charge < -0.3 is 4.74 Å². The average Bonchev–Trinajstić information content (AvgIpc) is 2.74. The van der Waals surface area contributed by atoms with Crippen LogP contribution in [0.5, 0.6) is 0 Å². The molecule has 0 aliphatic heterocycles. The normalized spacial score (nSPS) is 16.4. The second-order valence-corrected chi connectivity index (χ2v) is 4.43. The summed E-state index contributed by atoms with van der Waals surface area (Å²) in [7, 11) is 0. The monoisotopic (exact) mass is 260 g/mol. The molecule has 2 rings (SSSR count). The number of aromatic nitrogens is 2. The van der Waals surface area contributed by atoms with E-state index in [1.165, 1.54) is 6.07 Å². The maximum absolute atomic E-state index is 11.7. The predicted molar refractivity (Wildman–Crippen MR) is 59.7 cm³/mol. The molecule has 0 N–H and O–H groups in total. The molecule has 86 valence electrons. The van der Waals surface area contributed by atoms with Crippen molar-refractivity contribution >= 4 is 29.2 Å². The van der Waals surface area contributed by atoms with Crippen LogP contribution in [-0.4, -0.2) is 22.3 Å². The van der Waals surface area contributed by atoms with E-state index in [1.54, 1.807) is 0 Å². The van der Waals surface area contributed by atoms with Crippen LogP contribution in [0.2, 0.25) is 10.3 Å². The van der Waals surface area contributed by atoms with Gasteiger partial charge in [0.15, 0.2) is 10.3 Å². The van der Waals surface area contributed by atoms with Gasteiger partial charge in [-0.3, -0.25) is 0 Å². The Morgan fingerprint density at radius 1 is 1.31 bits per heavy atom. The number of esters is 1. The van der Waals surface area contributed by atoms with Gasteiger partial charge in [-0.1, -0.05) is 23.2 Å². The fourth-order valence-electron chi connectivity index (χ4n) is 1.72. The molecule has 0 atom stereocenters. The molecule has 1 aromatic rings. The molecule has 16 heavy (non-hydrogen) atoms. The van der Waals surface area contributed by atoms with Crippen molar-refractivity contribution in [3.05, 3.63) is 21.9 Å². The molecule has 1 aliphatic rings. The highest BCUT2D eigenvalue weighted by Gasteiger charge is 2.22. The first kappa shape index (κ1) is 11.6. The van der Waals surface area contributed by atoms with Crippen LogP contribution in [0.1, 0.15) is 36.0 Å². The molecule has 6 heteroatoms. The van der Waals surface area contributed by atoms with Gasteiger partial charge in [0.1, 0.15) is 11.7 Å². The first-order chi connectivity index (χ1) is 7.66. The zero-order valence-electron chi connectivity index (χ0n) is 8.45. The number of nitrogens with zero attached hydrogens (tertiary/aromatic N) is 2. The first-order valence-electron chi connectivity index (χ1n) is 5.06. The minimum absolute atomic E-state index is 0.00416. The molecule has 1 aliphatic carbocycles. The van der Waals surface area contributed by atoms with Gasteiger partial charge in [0.05, 0.1) is 0 Å². The van der Waals surface area contributed by atoms with Crippen molar-refractivity contribution in [3.8, 4) is 0 Å². The summed E-state index contributed by atoms with van der Waals surface area (Å²) in [6, 6.07) is 1.37. The number of hydrogen-bond donors (Lipinski definition) is 0. The SMILES string of the molecule is O=C(OC1CCCC1)c1cc(Cl)nnc1Cl. The van der Waals surface area contributed by atoms with Crippen LogP contribution in [-0.2, 0) is 4.74 Å². The van der Waals surface area contributed by atoms with Crippen molar-refractivity contribution in [2.45, 2.75) is 31.8 Å². The lowest BCUT2D eigenvalue weighted by Crippen LogP contribution is -2.15. The van der Waals surface area contributed by atoms with Gasteiger partial charge in [-0.15, -0.1) is 10.2 Å². The van der Waals surface area contributed by atoms with E-state index in [0.29, 0.717) is 0 Å². The van der Waals surface area contributed by atoms with Crippen molar-refractivity contribution in [2.24, 2.45) is 0 Å². The highest BCUT2D eigenvalue weighted by molar-refractivity contribution is 6.33. The summed E-state index contributed by atoms with van der Waals surface area (Å²) < 4.78 is 5.28. The molecule has 1 heterocycles. The Hall–Kier alpha value is -0.870. The molecule has 0 saturated heterocycles. The fraction of sp³-hybridized carbons (Fsp3) is 0.500. The van der Waals surface area contributed by atoms with Gasteiger partial charge in [-0.05, 0) is 31.7 Å². The van der Waals surface area contributed by atoms with Gasteiger partial charge in [0.25, 0.3) is 0 Å². The van der Waals surface area contributed by atoms with Gasteiger partial charge in [-0.2, -0.15) is 0 Å². The molecule has 1 saturated carbocycles. The van der Waals surface area contributed by atoms with Crippen LogP contribution < -0.4 is 0 Å². The third-order valence-electron chi connectivity index (χ3n) is 2.51. The maximum Gasteiger partial charge on any atom is 0.341 e. The molecule has 0 aromatic carbocycles. The smallest absolute Gasteiger partial charge is 0.341 e. The van der Waals surface area contributed by atoms with E-state index in [2.05, 4.69) is 10.2 Å².